The summed E-state index contributed by atoms with van der Waals surface area (Å²) in [6, 6.07) is -1.51. The Kier molecular flexibility index (Phi) is 12.8. The number of carboxylic acids is 1. The van der Waals surface area contributed by atoms with Gasteiger partial charge in [-0.3, -0.25) is 4.79 Å². The van der Waals surface area contributed by atoms with Crippen LogP contribution in [0.5, 0.6) is 0 Å². The minimum Gasteiger partial charge on any atom is -0.477 e. The number of hydrogen-bond acceptors (Lipinski definition) is 18. The number of aliphatic hydroxyl groups excluding tert-OH is 11. The molecule has 0 aromatic rings. The molecule has 3 saturated heterocycles. The fraction of sp³-hybridized carbons (Fsp3) is 0.917. The Morgan fingerprint density at radius 2 is 1.55 bits per heavy atom. The van der Waals surface area contributed by atoms with Crippen molar-refractivity contribution in [3.8, 4) is 0 Å². The Balaban J connectivity index is 1.95. The molecule has 3 heterocycles. The maximum absolute atomic E-state index is 12.6. The minimum absolute atomic E-state index is 0.420. The maximum atomic E-state index is 12.6. The summed E-state index contributed by atoms with van der Waals surface area (Å²) in [7, 11) is 0. The zero-order valence-electron chi connectivity index (χ0n) is 23.4. The summed E-state index contributed by atoms with van der Waals surface area (Å²) in [6.07, 6.45) is -27.8. The van der Waals surface area contributed by atoms with Gasteiger partial charge in [-0.1, -0.05) is 0 Å². The van der Waals surface area contributed by atoms with Gasteiger partial charge in [-0.25, -0.2) is 4.79 Å². The molecule has 256 valence electrons. The minimum atomic E-state index is -3.01. The molecular weight excluding hydrogens is 606 g/mol. The molecule has 13 N–H and O–H groups in total. The van der Waals surface area contributed by atoms with Gasteiger partial charge in [0.2, 0.25) is 5.91 Å². The van der Waals surface area contributed by atoms with Crippen molar-refractivity contribution in [2.45, 2.75) is 117 Å². The van der Waals surface area contributed by atoms with Gasteiger partial charge >= 0.3 is 5.97 Å². The number of aliphatic carboxylic acids is 1. The van der Waals surface area contributed by atoms with Gasteiger partial charge < -0.3 is 90.3 Å². The van der Waals surface area contributed by atoms with Crippen LogP contribution in [0.2, 0.25) is 0 Å². The van der Waals surface area contributed by atoms with Crippen molar-refractivity contribution in [3.05, 3.63) is 0 Å². The Hall–Kier alpha value is -1.70. The number of hydrogen-bond donors (Lipinski definition) is 13. The summed E-state index contributed by atoms with van der Waals surface area (Å²) in [5.41, 5.74) is 0. The van der Waals surface area contributed by atoms with Gasteiger partial charge in [0.05, 0.1) is 31.5 Å². The van der Waals surface area contributed by atoms with E-state index in [1.807, 2.05) is 0 Å². The number of carboxylic acid groups (broad SMARTS) is 1. The summed E-state index contributed by atoms with van der Waals surface area (Å²) in [5, 5.41) is 125. The predicted molar refractivity (Wildman–Crippen MR) is 135 cm³/mol. The monoisotopic (exact) mass is 647 g/mol. The van der Waals surface area contributed by atoms with E-state index in [-0.39, 0.29) is 0 Å². The first-order chi connectivity index (χ1) is 20.6. The van der Waals surface area contributed by atoms with E-state index in [0.29, 0.717) is 0 Å². The Morgan fingerprint density at radius 1 is 0.909 bits per heavy atom. The third-order valence-electron chi connectivity index (χ3n) is 7.70. The summed E-state index contributed by atoms with van der Waals surface area (Å²) >= 11 is 0. The van der Waals surface area contributed by atoms with Crippen LogP contribution in [0.1, 0.15) is 19.8 Å². The maximum Gasteiger partial charge on any atom is 0.364 e. The number of amides is 1. The Labute approximate surface area is 249 Å². The smallest absolute Gasteiger partial charge is 0.364 e. The van der Waals surface area contributed by atoms with Gasteiger partial charge in [-0.15, -0.1) is 0 Å². The van der Waals surface area contributed by atoms with Gasteiger partial charge in [0.25, 0.3) is 5.79 Å². The van der Waals surface area contributed by atoms with Crippen molar-refractivity contribution in [2.75, 3.05) is 19.8 Å². The first kappa shape index (κ1) is 36.8. The molecule has 16 atom stereocenters. The molecular formula is C24H41NO19. The molecule has 3 rings (SSSR count). The van der Waals surface area contributed by atoms with Crippen molar-refractivity contribution in [3.63, 3.8) is 0 Å². The van der Waals surface area contributed by atoms with Crippen LogP contribution in [0.3, 0.4) is 0 Å². The third-order valence-corrected chi connectivity index (χ3v) is 7.70. The molecule has 3 aliphatic heterocycles. The molecule has 1 amide bonds. The lowest BCUT2D eigenvalue weighted by molar-refractivity contribution is -0.385. The Bertz CT molecular complexity index is 958. The second-order valence-electron chi connectivity index (χ2n) is 10.8. The van der Waals surface area contributed by atoms with Crippen LogP contribution in [-0.4, -0.2) is 191 Å². The second kappa shape index (κ2) is 15.3. The molecule has 0 aromatic heterocycles. The molecule has 0 bridgehead atoms. The first-order valence-corrected chi connectivity index (χ1v) is 13.7. The van der Waals surface area contributed by atoms with Crippen molar-refractivity contribution in [2.24, 2.45) is 0 Å². The predicted octanol–water partition coefficient (Wildman–Crippen LogP) is -7.83. The standard InChI is InChI=1S/C24H41NO19/c1-7(29)25-12-9(31)4-24(23(38)39,43-19(12)13(32)8(30)2-3-26)44-20-14(33)10(5-27)41-22(17(20)36)42-18-11(6-28)40-21(37)16(35)15(18)34/h8-22,26-28,30-37H,2-6H2,1H3,(H,25,29)(H,38,39). The molecule has 44 heavy (non-hydrogen) atoms. The zero-order valence-corrected chi connectivity index (χ0v) is 23.4. The van der Waals surface area contributed by atoms with E-state index in [4.69, 9.17) is 28.8 Å². The lowest BCUT2D eigenvalue weighted by atomic mass is 9.87. The molecule has 0 aliphatic carbocycles. The molecule has 16 unspecified atom stereocenters. The Morgan fingerprint density at radius 3 is 2.09 bits per heavy atom. The number of ether oxygens (including phenoxy) is 5. The highest BCUT2D eigenvalue weighted by atomic mass is 16.8. The lowest BCUT2D eigenvalue weighted by Crippen LogP contribution is -2.70. The first-order valence-electron chi connectivity index (χ1n) is 13.7. The van der Waals surface area contributed by atoms with Crippen LogP contribution < -0.4 is 5.32 Å². The fourth-order valence-electron chi connectivity index (χ4n) is 5.36. The van der Waals surface area contributed by atoms with E-state index in [0.717, 1.165) is 6.92 Å². The highest BCUT2D eigenvalue weighted by Crippen LogP contribution is 2.38. The van der Waals surface area contributed by atoms with Gasteiger partial charge in [0.15, 0.2) is 12.6 Å². The second-order valence-corrected chi connectivity index (χ2v) is 10.8. The zero-order chi connectivity index (χ0) is 33.1. The van der Waals surface area contributed by atoms with Crippen LogP contribution in [0.15, 0.2) is 0 Å². The topological polar surface area (TPSA) is 335 Å². The van der Waals surface area contributed by atoms with Crippen LogP contribution in [-0.2, 0) is 33.3 Å². The lowest BCUT2D eigenvalue weighted by Gasteiger charge is -2.50. The number of nitrogens with one attached hydrogen (secondary N) is 1. The highest BCUT2D eigenvalue weighted by Gasteiger charge is 2.60. The van der Waals surface area contributed by atoms with E-state index < -0.39 is 142 Å². The molecule has 0 aromatic carbocycles. The van der Waals surface area contributed by atoms with E-state index in [1.165, 1.54) is 0 Å². The summed E-state index contributed by atoms with van der Waals surface area (Å²) in [6.45, 7) is -1.40. The quantitative estimate of drug-likeness (QED) is 0.0935. The molecule has 20 nitrogen and oxygen atoms in total. The van der Waals surface area contributed by atoms with Gasteiger partial charge in [-0.2, -0.15) is 0 Å². The van der Waals surface area contributed by atoms with E-state index in [9.17, 15) is 65.8 Å². The van der Waals surface area contributed by atoms with Crippen molar-refractivity contribution in [1.82, 2.24) is 5.32 Å². The number of rotatable bonds is 12. The van der Waals surface area contributed by atoms with Crippen LogP contribution in [0.25, 0.3) is 0 Å². The van der Waals surface area contributed by atoms with Crippen molar-refractivity contribution in [1.29, 1.82) is 0 Å². The summed E-state index contributed by atoms with van der Waals surface area (Å²) in [5.74, 6) is -5.69. The molecule has 0 radical (unpaired) electrons. The normalized spacial score (nSPS) is 44.5. The number of carbonyl (C=O) groups excluding carboxylic acids is 1. The van der Waals surface area contributed by atoms with Crippen molar-refractivity contribution < 1.29 is 94.6 Å². The number of aliphatic hydroxyl groups is 11. The van der Waals surface area contributed by atoms with Crippen LogP contribution >= 0.6 is 0 Å². The SMILES string of the molecule is CC(=O)NC1C(O)CC(OC2C(O)C(CO)OC(OC3C(CO)OC(O)C(O)C3O)C2O)(C(=O)O)OC1C(O)C(O)CCO. The fourth-order valence-corrected chi connectivity index (χ4v) is 5.36. The largest absolute Gasteiger partial charge is 0.477 e. The van der Waals surface area contributed by atoms with E-state index >= 15 is 0 Å². The summed E-state index contributed by atoms with van der Waals surface area (Å²) < 4.78 is 27.0. The van der Waals surface area contributed by atoms with Gasteiger partial charge in [-0.05, 0) is 6.42 Å². The molecule has 3 aliphatic rings. The number of carbonyl (C=O) groups is 2. The average Bonchev–Trinajstić information content (AvgIpc) is 2.97. The average molecular weight is 648 g/mol. The van der Waals surface area contributed by atoms with Crippen LogP contribution in [0.4, 0.5) is 0 Å². The van der Waals surface area contributed by atoms with Gasteiger partial charge in [0.1, 0.15) is 61.0 Å². The van der Waals surface area contributed by atoms with E-state index in [1.54, 1.807) is 0 Å². The molecule has 0 spiro atoms. The van der Waals surface area contributed by atoms with E-state index in [2.05, 4.69) is 5.32 Å². The molecule has 0 saturated carbocycles. The third kappa shape index (κ3) is 7.63. The van der Waals surface area contributed by atoms with Gasteiger partial charge in [0, 0.05) is 20.0 Å². The van der Waals surface area contributed by atoms with Crippen molar-refractivity contribution >= 4 is 11.9 Å². The summed E-state index contributed by atoms with van der Waals surface area (Å²) in [4.78, 5) is 24.4. The molecule has 20 heteroatoms. The molecule has 3 fully saturated rings. The highest BCUT2D eigenvalue weighted by molar-refractivity contribution is 5.76. The van der Waals surface area contributed by atoms with Crippen LogP contribution in [0, 0.1) is 0 Å².